The maximum Gasteiger partial charge on any atom is 0.416 e. The van der Waals surface area contributed by atoms with Gasteiger partial charge in [0.2, 0.25) is 11.8 Å². The highest BCUT2D eigenvalue weighted by atomic mass is 35.5. The van der Waals surface area contributed by atoms with Crippen molar-refractivity contribution in [2.24, 2.45) is 5.73 Å². The van der Waals surface area contributed by atoms with E-state index in [0.29, 0.717) is 32.1 Å². The first-order chi connectivity index (χ1) is 12.5. The first-order valence-corrected chi connectivity index (χ1v) is 8.59. The van der Waals surface area contributed by atoms with Crippen LogP contribution in [0.5, 0.6) is 5.88 Å². The van der Waals surface area contributed by atoms with Crippen molar-refractivity contribution in [1.82, 2.24) is 19.6 Å². The number of halogens is 1. The maximum absolute atomic E-state index is 12.5. The second kappa shape index (κ2) is 8.88. The number of hydrogen-bond acceptors (Lipinski definition) is 5. The number of nitrogens with zero attached hydrogens (tertiary/aromatic N) is 4. The van der Waals surface area contributed by atoms with Gasteiger partial charge >= 0.3 is 6.09 Å². The van der Waals surface area contributed by atoms with Gasteiger partial charge in [0.1, 0.15) is 0 Å². The number of para-hydroxylation sites is 1. The van der Waals surface area contributed by atoms with E-state index in [0.717, 1.165) is 11.4 Å². The smallest absolute Gasteiger partial charge is 0.391 e. The molecule has 2 heterocycles. The van der Waals surface area contributed by atoms with Gasteiger partial charge in [-0.1, -0.05) is 18.2 Å². The SMILES string of the molecule is Cc1cc(OC(=O)N2CCN(C(=O)[C@H](C)N)CC2)n(-c2ccccc2)n1.Cl. The molecule has 0 saturated carbocycles. The summed E-state index contributed by atoms with van der Waals surface area (Å²) in [4.78, 5) is 27.7. The van der Waals surface area contributed by atoms with Crippen LogP contribution in [0.15, 0.2) is 36.4 Å². The largest absolute Gasteiger partial charge is 0.416 e. The molecular formula is C18H24ClN5O3. The lowest BCUT2D eigenvalue weighted by atomic mass is 10.2. The Hall–Kier alpha value is -2.58. The lowest BCUT2D eigenvalue weighted by molar-refractivity contribution is -0.133. The molecule has 9 heteroatoms. The van der Waals surface area contributed by atoms with Crippen LogP contribution in [0, 0.1) is 6.92 Å². The molecule has 0 spiro atoms. The first-order valence-electron chi connectivity index (χ1n) is 8.59. The summed E-state index contributed by atoms with van der Waals surface area (Å²) in [6.45, 7) is 5.23. The number of benzene rings is 1. The van der Waals surface area contributed by atoms with Gasteiger partial charge in [0.05, 0.1) is 17.4 Å². The summed E-state index contributed by atoms with van der Waals surface area (Å²) < 4.78 is 7.16. The second-order valence-electron chi connectivity index (χ2n) is 6.34. The molecule has 146 valence electrons. The van der Waals surface area contributed by atoms with Crippen molar-refractivity contribution in [3.8, 4) is 11.6 Å². The minimum absolute atomic E-state index is 0. The highest BCUT2D eigenvalue weighted by Crippen LogP contribution is 2.20. The standard InChI is InChI=1S/C18H23N5O3.ClH/c1-13-12-16(23(20-13)15-6-4-3-5-7-15)26-18(25)22-10-8-21(9-11-22)17(24)14(2)19;/h3-7,12,14H,8-11,19H2,1-2H3;1H/t14-;/m0./s1. The highest BCUT2D eigenvalue weighted by Gasteiger charge is 2.27. The molecule has 2 aromatic rings. The third kappa shape index (κ3) is 4.78. The fourth-order valence-corrected chi connectivity index (χ4v) is 2.85. The van der Waals surface area contributed by atoms with Gasteiger partial charge < -0.3 is 20.3 Å². The van der Waals surface area contributed by atoms with Crippen molar-refractivity contribution >= 4 is 24.4 Å². The first kappa shape index (κ1) is 20.7. The van der Waals surface area contributed by atoms with Gasteiger partial charge in [-0.3, -0.25) is 4.79 Å². The molecule has 2 N–H and O–H groups in total. The fraction of sp³-hybridized carbons (Fsp3) is 0.389. The van der Waals surface area contributed by atoms with Crippen LogP contribution in [0.4, 0.5) is 4.79 Å². The van der Waals surface area contributed by atoms with E-state index in [4.69, 9.17) is 10.5 Å². The normalized spacial score (nSPS) is 15.1. The zero-order valence-electron chi connectivity index (χ0n) is 15.4. The third-order valence-corrected chi connectivity index (χ3v) is 4.23. The summed E-state index contributed by atoms with van der Waals surface area (Å²) in [5.74, 6) is 0.267. The Morgan fingerprint density at radius 3 is 2.30 bits per heavy atom. The zero-order valence-corrected chi connectivity index (χ0v) is 16.2. The van der Waals surface area contributed by atoms with E-state index in [9.17, 15) is 9.59 Å². The number of amides is 2. The molecule has 0 radical (unpaired) electrons. The fourth-order valence-electron chi connectivity index (χ4n) is 2.85. The lowest BCUT2D eigenvalue weighted by Crippen LogP contribution is -2.54. The summed E-state index contributed by atoms with van der Waals surface area (Å²) in [6.07, 6.45) is -0.449. The lowest BCUT2D eigenvalue weighted by Gasteiger charge is -2.34. The minimum atomic E-state index is -0.531. The summed E-state index contributed by atoms with van der Waals surface area (Å²) in [6, 6.07) is 10.7. The van der Waals surface area contributed by atoms with Gasteiger partial charge in [0.15, 0.2) is 0 Å². The Morgan fingerprint density at radius 2 is 1.70 bits per heavy atom. The number of aromatic nitrogens is 2. The number of piperazine rings is 1. The number of nitrogens with two attached hydrogens (primary N) is 1. The average molecular weight is 394 g/mol. The van der Waals surface area contributed by atoms with Gasteiger partial charge in [-0.25, -0.2) is 9.48 Å². The van der Waals surface area contributed by atoms with Crippen molar-refractivity contribution < 1.29 is 14.3 Å². The third-order valence-electron chi connectivity index (χ3n) is 4.23. The molecule has 27 heavy (non-hydrogen) atoms. The minimum Gasteiger partial charge on any atom is -0.391 e. The van der Waals surface area contributed by atoms with E-state index in [2.05, 4.69) is 5.10 Å². The van der Waals surface area contributed by atoms with E-state index >= 15 is 0 Å². The van der Waals surface area contributed by atoms with E-state index in [1.807, 2.05) is 37.3 Å². The molecule has 1 aromatic carbocycles. The van der Waals surface area contributed by atoms with Crippen molar-refractivity contribution in [3.05, 3.63) is 42.1 Å². The highest BCUT2D eigenvalue weighted by molar-refractivity contribution is 5.85. The summed E-state index contributed by atoms with van der Waals surface area (Å²) in [7, 11) is 0. The molecule has 0 bridgehead atoms. The zero-order chi connectivity index (χ0) is 18.7. The van der Waals surface area contributed by atoms with Crippen molar-refractivity contribution in [1.29, 1.82) is 0 Å². The molecule has 1 aromatic heterocycles. The maximum atomic E-state index is 12.5. The van der Waals surface area contributed by atoms with Gasteiger partial charge in [0.25, 0.3) is 0 Å². The van der Waals surface area contributed by atoms with Gasteiger partial charge in [-0.05, 0) is 26.0 Å². The monoisotopic (exact) mass is 393 g/mol. The van der Waals surface area contributed by atoms with E-state index in [-0.39, 0.29) is 18.3 Å². The van der Waals surface area contributed by atoms with E-state index in [1.165, 1.54) is 0 Å². The Bertz CT molecular complexity index is 786. The molecule has 2 amide bonds. The Morgan fingerprint density at radius 1 is 1.11 bits per heavy atom. The Labute approximate surface area is 164 Å². The number of aryl methyl sites for hydroxylation is 1. The van der Waals surface area contributed by atoms with Crippen LogP contribution in [0.3, 0.4) is 0 Å². The second-order valence-corrected chi connectivity index (χ2v) is 6.34. The quantitative estimate of drug-likeness (QED) is 0.854. The molecule has 0 unspecified atom stereocenters. The van der Waals surface area contributed by atoms with E-state index in [1.54, 1.807) is 27.5 Å². The molecular weight excluding hydrogens is 370 g/mol. The van der Waals surface area contributed by atoms with Crippen LogP contribution in [-0.2, 0) is 4.79 Å². The Balaban J connectivity index is 0.00000261. The van der Waals surface area contributed by atoms with Crippen molar-refractivity contribution in [2.75, 3.05) is 26.2 Å². The van der Waals surface area contributed by atoms with Crippen molar-refractivity contribution in [2.45, 2.75) is 19.9 Å². The van der Waals surface area contributed by atoms with Gasteiger partial charge in [0, 0.05) is 32.2 Å². The summed E-state index contributed by atoms with van der Waals surface area (Å²) in [5.41, 5.74) is 7.20. The molecule has 3 rings (SSSR count). The molecule has 1 aliphatic heterocycles. The van der Waals surface area contributed by atoms with Crippen LogP contribution < -0.4 is 10.5 Å². The summed E-state index contributed by atoms with van der Waals surface area (Å²) in [5, 5.41) is 4.39. The summed E-state index contributed by atoms with van der Waals surface area (Å²) >= 11 is 0. The molecule has 1 atom stereocenters. The van der Waals surface area contributed by atoms with Crippen LogP contribution in [0.25, 0.3) is 5.69 Å². The number of hydrogen-bond donors (Lipinski definition) is 1. The molecule has 1 fully saturated rings. The average Bonchev–Trinajstić information content (AvgIpc) is 3.02. The predicted octanol–water partition coefficient (Wildman–Crippen LogP) is 1.59. The van der Waals surface area contributed by atoms with Crippen LogP contribution in [0.2, 0.25) is 0 Å². The van der Waals surface area contributed by atoms with Crippen LogP contribution >= 0.6 is 12.4 Å². The number of ether oxygens (including phenoxy) is 1. The number of carbonyl (C=O) groups is 2. The topological polar surface area (TPSA) is 93.7 Å². The Kier molecular flexibility index (Phi) is 6.81. The molecule has 8 nitrogen and oxygen atoms in total. The molecule has 0 aliphatic carbocycles. The predicted molar refractivity (Wildman–Crippen MR) is 103 cm³/mol. The molecule has 1 saturated heterocycles. The van der Waals surface area contributed by atoms with Gasteiger partial charge in [-0.15, -0.1) is 12.4 Å². The van der Waals surface area contributed by atoms with E-state index < -0.39 is 12.1 Å². The van der Waals surface area contributed by atoms with Crippen LogP contribution in [0.1, 0.15) is 12.6 Å². The van der Waals surface area contributed by atoms with Crippen LogP contribution in [-0.4, -0.2) is 63.8 Å². The van der Waals surface area contributed by atoms with Crippen molar-refractivity contribution in [3.63, 3.8) is 0 Å². The number of carbonyl (C=O) groups excluding carboxylic acids is 2. The number of rotatable bonds is 3. The van der Waals surface area contributed by atoms with Gasteiger partial charge in [-0.2, -0.15) is 5.10 Å². The molecule has 1 aliphatic rings.